The third-order valence-electron chi connectivity index (χ3n) is 2.15. The van der Waals surface area contributed by atoms with Crippen LogP contribution in [0.1, 0.15) is 13.3 Å². The quantitative estimate of drug-likeness (QED) is 0.901. The number of rotatable bonds is 3. The number of nitrogens with zero attached hydrogens (tertiary/aromatic N) is 2. The fraction of sp³-hybridized carbons (Fsp3) is 0.300. The third-order valence-corrected chi connectivity index (χ3v) is 3.01. The van der Waals surface area contributed by atoms with Gasteiger partial charge < -0.3 is 10.6 Å². The Hall–Kier alpha value is -1.40. The van der Waals surface area contributed by atoms with Crippen LogP contribution in [0.25, 0.3) is 11.0 Å². The van der Waals surface area contributed by atoms with Crippen molar-refractivity contribution in [2.75, 3.05) is 11.9 Å². The van der Waals surface area contributed by atoms with Crippen molar-refractivity contribution in [1.82, 2.24) is 14.1 Å². The van der Waals surface area contributed by atoms with Crippen molar-refractivity contribution in [2.45, 2.75) is 13.3 Å². The molecule has 2 N–H and O–H groups in total. The first-order chi connectivity index (χ1) is 8.22. The van der Waals surface area contributed by atoms with E-state index in [1.54, 1.807) is 12.1 Å². The van der Waals surface area contributed by atoms with Gasteiger partial charge in [-0.3, -0.25) is 0 Å². The number of urea groups is 1. The molecule has 0 aliphatic heterocycles. The summed E-state index contributed by atoms with van der Waals surface area (Å²) in [5.74, 6) is 0. The largest absolute Gasteiger partial charge is 0.338 e. The zero-order valence-corrected chi connectivity index (χ0v) is 10.7. The van der Waals surface area contributed by atoms with Crippen LogP contribution >= 0.6 is 23.3 Å². The van der Waals surface area contributed by atoms with Crippen molar-refractivity contribution in [1.29, 1.82) is 0 Å². The summed E-state index contributed by atoms with van der Waals surface area (Å²) < 4.78 is 8.21. The van der Waals surface area contributed by atoms with E-state index in [2.05, 4.69) is 19.4 Å². The molecule has 0 radical (unpaired) electrons. The van der Waals surface area contributed by atoms with Gasteiger partial charge in [-0.05, 0) is 18.6 Å². The Morgan fingerprint density at radius 3 is 3.06 bits per heavy atom. The van der Waals surface area contributed by atoms with Crippen LogP contribution in [0, 0.1) is 0 Å². The number of fused-ring (bicyclic) bond motifs is 1. The van der Waals surface area contributed by atoms with Gasteiger partial charge in [-0.25, -0.2) is 4.79 Å². The molecule has 0 saturated heterocycles. The highest BCUT2D eigenvalue weighted by atomic mass is 35.5. The van der Waals surface area contributed by atoms with Crippen LogP contribution in [0.3, 0.4) is 0 Å². The lowest BCUT2D eigenvalue weighted by Crippen LogP contribution is -2.29. The van der Waals surface area contributed by atoms with Crippen LogP contribution in [0.15, 0.2) is 12.1 Å². The van der Waals surface area contributed by atoms with Crippen molar-refractivity contribution in [3.63, 3.8) is 0 Å². The summed E-state index contributed by atoms with van der Waals surface area (Å²) in [6.07, 6.45) is 0.879. The van der Waals surface area contributed by atoms with Crippen molar-refractivity contribution in [3.05, 3.63) is 17.2 Å². The molecule has 0 spiro atoms. The van der Waals surface area contributed by atoms with Crippen molar-refractivity contribution < 1.29 is 4.79 Å². The fourth-order valence-corrected chi connectivity index (χ4v) is 2.08. The highest BCUT2D eigenvalue weighted by Gasteiger charge is 2.12. The molecule has 2 aromatic rings. The molecule has 0 aliphatic carbocycles. The SMILES string of the molecule is CCCNC(=O)Nc1c(Cl)ccc2nsnc12. The Labute approximate surface area is 107 Å². The van der Waals surface area contributed by atoms with Crippen molar-refractivity contribution in [3.8, 4) is 0 Å². The predicted molar refractivity (Wildman–Crippen MR) is 69.7 cm³/mol. The number of hydrogen-bond acceptors (Lipinski definition) is 4. The summed E-state index contributed by atoms with van der Waals surface area (Å²) in [7, 11) is 0. The first kappa shape index (κ1) is 12.1. The van der Waals surface area contributed by atoms with Gasteiger partial charge in [0.05, 0.1) is 22.4 Å². The van der Waals surface area contributed by atoms with Crippen LogP contribution in [-0.4, -0.2) is 21.3 Å². The van der Waals surface area contributed by atoms with E-state index in [0.29, 0.717) is 22.8 Å². The van der Waals surface area contributed by atoms with Gasteiger partial charge in [0.25, 0.3) is 0 Å². The minimum absolute atomic E-state index is 0.283. The van der Waals surface area contributed by atoms with Gasteiger partial charge in [-0.15, -0.1) is 0 Å². The Balaban J connectivity index is 2.25. The summed E-state index contributed by atoms with van der Waals surface area (Å²) >= 11 is 7.12. The smallest absolute Gasteiger partial charge is 0.319 e. The number of amides is 2. The maximum Gasteiger partial charge on any atom is 0.319 e. The van der Waals surface area contributed by atoms with Gasteiger partial charge in [0.2, 0.25) is 0 Å². The van der Waals surface area contributed by atoms with E-state index in [1.807, 2.05) is 6.92 Å². The molecule has 0 atom stereocenters. The van der Waals surface area contributed by atoms with Gasteiger partial charge in [-0.1, -0.05) is 18.5 Å². The van der Waals surface area contributed by atoms with Crippen LogP contribution in [-0.2, 0) is 0 Å². The molecule has 0 unspecified atom stereocenters. The molecule has 0 fully saturated rings. The Kier molecular flexibility index (Phi) is 3.75. The minimum Gasteiger partial charge on any atom is -0.338 e. The van der Waals surface area contributed by atoms with Crippen LogP contribution in [0.5, 0.6) is 0 Å². The van der Waals surface area contributed by atoms with E-state index in [9.17, 15) is 4.79 Å². The van der Waals surface area contributed by atoms with Gasteiger partial charge >= 0.3 is 6.03 Å². The zero-order chi connectivity index (χ0) is 12.3. The Morgan fingerprint density at radius 2 is 2.29 bits per heavy atom. The van der Waals surface area contributed by atoms with Gasteiger partial charge in [0.1, 0.15) is 11.0 Å². The van der Waals surface area contributed by atoms with Gasteiger partial charge in [0, 0.05) is 6.54 Å². The molecule has 1 aromatic heterocycles. The number of halogens is 1. The van der Waals surface area contributed by atoms with E-state index in [-0.39, 0.29) is 6.03 Å². The minimum atomic E-state index is -0.283. The average molecular weight is 271 g/mol. The number of anilines is 1. The highest BCUT2D eigenvalue weighted by molar-refractivity contribution is 7.00. The third kappa shape index (κ3) is 2.65. The molecule has 0 bridgehead atoms. The molecule has 0 saturated carbocycles. The van der Waals surface area contributed by atoms with E-state index in [4.69, 9.17) is 11.6 Å². The molecule has 90 valence electrons. The summed E-state index contributed by atoms with van der Waals surface area (Å²) in [4.78, 5) is 11.6. The monoisotopic (exact) mass is 270 g/mol. The van der Waals surface area contributed by atoms with Crippen LogP contribution < -0.4 is 10.6 Å². The summed E-state index contributed by atoms with van der Waals surface area (Å²) in [5, 5.41) is 5.86. The Morgan fingerprint density at radius 1 is 1.47 bits per heavy atom. The number of nitrogens with one attached hydrogen (secondary N) is 2. The van der Waals surface area contributed by atoms with E-state index < -0.39 is 0 Å². The van der Waals surface area contributed by atoms with E-state index >= 15 is 0 Å². The molecular formula is C10H11ClN4OS. The summed E-state index contributed by atoms with van der Waals surface area (Å²) in [6, 6.07) is 3.19. The highest BCUT2D eigenvalue weighted by Crippen LogP contribution is 2.29. The van der Waals surface area contributed by atoms with E-state index in [0.717, 1.165) is 23.7 Å². The first-order valence-corrected chi connectivity index (χ1v) is 6.29. The maximum atomic E-state index is 11.6. The summed E-state index contributed by atoms with van der Waals surface area (Å²) in [5.41, 5.74) is 1.85. The van der Waals surface area contributed by atoms with E-state index in [1.165, 1.54) is 0 Å². The molecule has 1 heterocycles. The molecular weight excluding hydrogens is 260 g/mol. The number of carbonyl (C=O) groups excluding carboxylic acids is 1. The fourth-order valence-electron chi connectivity index (χ4n) is 1.34. The summed E-state index contributed by atoms with van der Waals surface area (Å²) in [6.45, 7) is 2.60. The number of hydrogen-bond donors (Lipinski definition) is 2. The second-order valence-corrected chi connectivity index (χ2v) is 4.37. The average Bonchev–Trinajstić information content (AvgIpc) is 2.78. The topological polar surface area (TPSA) is 66.9 Å². The van der Waals surface area contributed by atoms with Gasteiger partial charge in [-0.2, -0.15) is 8.75 Å². The lowest BCUT2D eigenvalue weighted by atomic mass is 10.2. The normalized spacial score (nSPS) is 10.5. The van der Waals surface area contributed by atoms with Crippen LogP contribution in [0.4, 0.5) is 10.5 Å². The lowest BCUT2D eigenvalue weighted by molar-refractivity contribution is 0.252. The molecule has 2 amide bonds. The molecule has 7 heteroatoms. The molecule has 17 heavy (non-hydrogen) atoms. The maximum absolute atomic E-state index is 11.6. The van der Waals surface area contributed by atoms with Crippen LogP contribution in [0.2, 0.25) is 5.02 Å². The van der Waals surface area contributed by atoms with Crippen molar-refractivity contribution >= 4 is 46.1 Å². The Bertz CT molecular complexity index is 542. The van der Waals surface area contributed by atoms with Crippen molar-refractivity contribution in [2.24, 2.45) is 0 Å². The zero-order valence-electron chi connectivity index (χ0n) is 9.16. The number of benzene rings is 1. The standard InChI is InChI=1S/C10H11ClN4OS/c1-2-5-12-10(16)13-8-6(11)3-4-7-9(8)15-17-14-7/h3-4H,2,5H2,1H3,(H2,12,13,16). The first-order valence-electron chi connectivity index (χ1n) is 5.18. The second kappa shape index (κ2) is 5.29. The number of carbonyl (C=O) groups is 1. The second-order valence-electron chi connectivity index (χ2n) is 3.44. The number of aromatic nitrogens is 2. The molecule has 5 nitrogen and oxygen atoms in total. The predicted octanol–water partition coefficient (Wildman–Crippen LogP) is 2.88. The lowest BCUT2D eigenvalue weighted by Gasteiger charge is -2.08. The molecule has 0 aliphatic rings. The molecule has 2 rings (SSSR count). The molecule has 1 aromatic carbocycles. The van der Waals surface area contributed by atoms with Gasteiger partial charge in [0.15, 0.2) is 0 Å².